The Hall–Kier alpha value is -3.87. The highest BCUT2D eigenvalue weighted by Gasteiger charge is 2.06. The Kier molecular flexibility index (Phi) is 7.38. The zero-order valence-corrected chi connectivity index (χ0v) is 16.7. The van der Waals surface area contributed by atoms with Gasteiger partial charge in [0.25, 0.3) is 0 Å². The number of hydrogen-bond acceptors (Lipinski definition) is 4. The lowest BCUT2D eigenvalue weighted by molar-refractivity contribution is -0.116. The summed E-state index contributed by atoms with van der Waals surface area (Å²) in [5.74, 6) is 0.546. The summed E-state index contributed by atoms with van der Waals surface area (Å²) >= 11 is 0. The molecule has 154 valence electrons. The summed E-state index contributed by atoms with van der Waals surface area (Å²) in [6.45, 7) is 0.230. The predicted octanol–water partition coefficient (Wildman–Crippen LogP) is 3.83. The first-order chi connectivity index (χ1) is 14.6. The minimum absolute atomic E-state index is 0.165. The lowest BCUT2D eigenvalue weighted by Crippen LogP contribution is -2.31. The van der Waals surface area contributed by atoms with E-state index < -0.39 is 0 Å². The molecule has 2 aromatic carbocycles. The van der Waals surface area contributed by atoms with E-state index >= 15 is 0 Å². The van der Waals surface area contributed by atoms with Gasteiger partial charge in [0.15, 0.2) is 0 Å². The van der Waals surface area contributed by atoms with Gasteiger partial charge >= 0.3 is 6.03 Å². The van der Waals surface area contributed by atoms with E-state index in [9.17, 15) is 9.59 Å². The minimum atomic E-state index is -0.367. The fraction of sp³-hybridized carbons (Fsp3) is 0.174. The molecule has 0 radical (unpaired) electrons. The van der Waals surface area contributed by atoms with Gasteiger partial charge in [-0.1, -0.05) is 12.1 Å². The zero-order valence-electron chi connectivity index (χ0n) is 16.7. The van der Waals surface area contributed by atoms with Gasteiger partial charge in [-0.05, 0) is 66.1 Å². The average Bonchev–Trinajstić information content (AvgIpc) is 2.76. The summed E-state index contributed by atoms with van der Waals surface area (Å²) in [6.07, 6.45) is 4.53. The molecule has 0 aliphatic carbocycles. The van der Waals surface area contributed by atoms with E-state index in [-0.39, 0.29) is 24.9 Å². The molecule has 7 nitrogen and oxygen atoms in total. The molecule has 0 atom stereocenters. The van der Waals surface area contributed by atoms with Crippen LogP contribution in [0.25, 0.3) is 0 Å². The maximum absolute atomic E-state index is 12.1. The van der Waals surface area contributed by atoms with Crippen molar-refractivity contribution in [2.24, 2.45) is 0 Å². The van der Waals surface area contributed by atoms with Crippen molar-refractivity contribution in [3.05, 3.63) is 84.2 Å². The Morgan fingerprint density at radius 2 is 1.43 bits per heavy atom. The summed E-state index contributed by atoms with van der Waals surface area (Å²) in [5.41, 5.74) is 3.70. The Bertz CT molecular complexity index is 958. The highest BCUT2D eigenvalue weighted by molar-refractivity contribution is 5.92. The summed E-state index contributed by atoms with van der Waals surface area (Å²) in [4.78, 5) is 28.0. The number of amides is 3. The van der Waals surface area contributed by atoms with E-state index in [0.29, 0.717) is 11.4 Å². The maximum Gasteiger partial charge on any atom is 0.319 e. The van der Waals surface area contributed by atoms with Crippen molar-refractivity contribution in [3.8, 4) is 5.75 Å². The van der Waals surface area contributed by atoms with E-state index in [1.807, 2.05) is 36.4 Å². The van der Waals surface area contributed by atoms with Crippen molar-refractivity contribution in [2.45, 2.75) is 12.8 Å². The Morgan fingerprint density at radius 1 is 0.833 bits per heavy atom. The predicted molar refractivity (Wildman–Crippen MR) is 117 cm³/mol. The largest absolute Gasteiger partial charge is 0.497 e. The standard InChI is InChI=1S/C23H24N4O3/c1-30-21-8-6-20(7-9-21)27-23(29)25-15-12-22(28)26-19-4-2-17(3-5-19)16-18-10-13-24-14-11-18/h2-11,13-14H,12,15-16H2,1H3,(H,26,28)(H2,25,27,29). The Balaban J connectivity index is 1.38. The van der Waals surface area contributed by atoms with Gasteiger partial charge in [0, 0.05) is 36.7 Å². The van der Waals surface area contributed by atoms with Gasteiger partial charge in [-0.25, -0.2) is 4.79 Å². The molecule has 3 N–H and O–H groups in total. The molecule has 30 heavy (non-hydrogen) atoms. The molecule has 3 aromatic rings. The van der Waals surface area contributed by atoms with Crippen LogP contribution in [0.3, 0.4) is 0 Å². The highest BCUT2D eigenvalue weighted by atomic mass is 16.5. The third-order valence-electron chi connectivity index (χ3n) is 4.38. The number of urea groups is 1. The first-order valence-electron chi connectivity index (χ1n) is 9.59. The Labute approximate surface area is 175 Å². The van der Waals surface area contributed by atoms with Crippen molar-refractivity contribution in [1.29, 1.82) is 0 Å². The number of anilines is 2. The van der Waals surface area contributed by atoms with Crippen molar-refractivity contribution in [3.63, 3.8) is 0 Å². The van der Waals surface area contributed by atoms with Crippen molar-refractivity contribution >= 4 is 23.3 Å². The van der Waals surface area contributed by atoms with Crippen LogP contribution in [0.5, 0.6) is 5.75 Å². The molecule has 0 bridgehead atoms. The number of carbonyl (C=O) groups is 2. The first kappa shape index (κ1) is 20.9. The zero-order chi connectivity index (χ0) is 21.2. The van der Waals surface area contributed by atoms with Crippen LogP contribution >= 0.6 is 0 Å². The maximum atomic E-state index is 12.1. The number of nitrogens with zero attached hydrogens (tertiary/aromatic N) is 1. The number of carbonyl (C=O) groups excluding carboxylic acids is 2. The molecule has 1 aromatic heterocycles. The quantitative estimate of drug-likeness (QED) is 0.532. The number of methoxy groups -OCH3 is 1. The van der Waals surface area contributed by atoms with Gasteiger partial charge in [-0.15, -0.1) is 0 Å². The van der Waals surface area contributed by atoms with E-state index in [4.69, 9.17) is 4.74 Å². The number of nitrogens with one attached hydrogen (secondary N) is 3. The van der Waals surface area contributed by atoms with Gasteiger partial charge in [-0.2, -0.15) is 0 Å². The van der Waals surface area contributed by atoms with Crippen molar-refractivity contribution in [2.75, 3.05) is 24.3 Å². The summed E-state index contributed by atoms with van der Waals surface area (Å²) < 4.78 is 5.07. The third-order valence-corrected chi connectivity index (χ3v) is 4.38. The second-order valence-electron chi connectivity index (χ2n) is 6.64. The van der Waals surface area contributed by atoms with Crippen molar-refractivity contribution in [1.82, 2.24) is 10.3 Å². The first-order valence-corrected chi connectivity index (χ1v) is 9.59. The van der Waals surface area contributed by atoms with E-state index in [1.54, 1.807) is 43.8 Å². The lowest BCUT2D eigenvalue weighted by Gasteiger charge is -2.09. The summed E-state index contributed by atoms with van der Waals surface area (Å²) in [5, 5.41) is 8.20. The van der Waals surface area contributed by atoms with Crippen LogP contribution in [-0.2, 0) is 11.2 Å². The number of pyridine rings is 1. The smallest absolute Gasteiger partial charge is 0.319 e. The van der Waals surface area contributed by atoms with Crippen LogP contribution in [0.1, 0.15) is 17.5 Å². The lowest BCUT2D eigenvalue weighted by atomic mass is 10.1. The molecular weight excluding hydrogens is 380 g/mol. The number of hydrogen-bond donors (Lipinski definition) is 3. The molecule has 0 spiro atoms. The van der Waals surface area contributed by atoms with Crippen LogP contribution in [0.2, 0.25) is 0 Å². The van der Waals surface area contributed by atoms with Crippen LogP contribution in [-0.4, -0.2) is 30.6 Å². The van der Waals surface area contributed by atoms with Gasteiger partial charge in [0.1, 0.15) is 5.75 Å². The third kappa shape index (κ3) is 6.63. The van der Waals surface area contributed by atoms with Gasteiger partial charge in [0.05, 0.1) is 7.11 Å². The molecule has 0 fully saturated rings. The second-order valence-corrected chi connectivity index (χ2v) is 6.64. The fourth-order valence-electron chi connectivity index (χ4n) is 2.80. The van der Waals surface area contributed by atoms with Gasteiger partial charge in [-0.3, -0.25) is 9.78 Å². The molecular formula is C23H24N4O3. The number of benzene rings is 2. The molecule has 3 amide bonds. The molecule has 0 unspecified atom stereocenters. The van der Waals surface area contributed by atoms with Gasteiger partial charge in [0.2, 0.25) is 5.91 Å². The molecule has 1 heterocycles. The van der Waals surface area contributed by atoms with E-state index in [1.165, 1.54) is 5.56 Å². The van der Waals surface area contributed by atoms with E-state index in [0.717, 1.165) is 17.7 Å². The SMILES string of the molecule is COc1ccc(NC(=O)NCCC(=O)Nc2ccc(Cc3ccncc3)cc2)cc1. The number of aromatic nitrogens is 1. The second kappa shape index (κ2) is 10.6. The molecule has 0 saturated heterocycles. The average molecular weight is 404 g/mol. The fourth-order valence-corrected chi connectivity index (χ4v) is 2.80. The molecule has 7 heteroatoms. The van der Waals surface area contributed by atoms with Crippen molar-refractivity contribution < 1.29 is 14.3 Å². The number of ether oxygens (including phenoxy) is 1. The number of rotatable bonds is 8. The van der Waals surface area contributed by atoms with Crippen LogP contribution in [0.4, 0.5) is 16.2 Å². The summed E-state index contributed by atoms with van der Waals surface area (Å²) in [6, 6.07) is 18.3. The van der Waals surface area contributed by atoms with Crippen LogP contribution in [0, 0.1) is 0 Å². The monoisotopic (exact) mass is 404 g/mol. The molecule has 0 saturated carbocycles. The molecule has 3 rings (SSSR count). The molecule has 0 aliphatic heterocycles. The van der Waals surface area contributed by atoms with Crippen LogP contribution < -0.4 is 20.7 Å². The van der Waals surface area contributed by atoms with Crippen LogP contribution in [0.15, 0.2) is 73.1 Å². The normalized spacial score (nSPS) is 10.2. The minimum Gasteiger partial charge on any atom is -0.497 e. The Morgan fingerprint density at radius 3 is 2.10 bits per heavy atom. The molecule has 0 aliphatic rings. The topological polar surface area (TPSA) is 92.4 Å². The van der Waals surface area contributed by atoms with E-state index in [2.05, 4.69) is 20.9 Å². The highest BCUT2D eigenvalue weighted by Crippen LogP contribution is 2.15. The van der Waals surface area contributed by atoms with Gasteiger partial charge < -0.3 is 20.7 Å². The summed E-state index contributed by atoms with van der Waals surface area (Å²) in [7, 11) is 1.58.